The van der Waals surface area contributed by atoms with Crippen molar-refractivity contribution in [3.8, 4) is 0 Å². The molecular formula is C11H14N2O4S. The molecule has 0 aromatic carbocycles. The number of aromatic nitrogens is 2. The van der Waals surface area contributed by atoms with Crippen LogP contribution in [0, 0.1) is 6.92 Å². The summed E-state index contributed by atoms with van der Waals surface area (Å²) in [6.07, 6.45) is 0.584. The number of hydrogen-bond acceptors (Lipinski definition) is 5. The summed E-state index contributed by atoms with van der Waals surface area (Å²) in [6.45, 7) is 5.15. The summed E-state index contributed by atoms with van der Waals surface area (Å²) in [6, 6.07) is 0. The van der Waals surface area contributed by atoms with Gasteiger partial charge in [0.2, 0.25) is 0 Å². The minimum Gasteiger partial charge on any atom is -0.395 e. The van der Waals surface area contributed by atoms with E-state index in [0.29, 0.717) is 11.1 Å². The molecule has 0 radical (unpaired) electrons. The molecular weight excluding hydrogens is 256 g/mol. The maximum atomic E-state index is 11.7. The molecule has 0 aliphatic carbocycles. The normalized spacial score (nSPS) is 27.7. The van der Waals surface area contributed by atoms with Gasteiger partial charge in [0.1, 0.15) is 5.37 Å². The first-order valence-corrected chi connectivity index (χ1v) is 6.35. The van der Waals surface area contributed by atoms with Crippen molar-refractivity contribution in [3.63, 3.8) is 0 Å². The van der Waals surface area contributed by atoms with Crippen LogP contribution in [-0.2, 0) is 0 Å². The Kier molecular flexibility index (Phi) is 3.47. The van der Waals surface area contributed by atoms with Crippen LogP contribution in [-0.4, -0.2) is 37.7 Å². The summed E-state index contributed by atoms with van der Waals surface area (Å²) in [5.41, 5.74) is -0.114. The lowest BCUT2D eigenvalue weighted by Gasteiger charge is -2.14. The van der Waals surface area contributed by atoms with Crippen molar-refractivity contribution < 1.29 is 10.2 Å². The monoisotopic (exact) mass is 270 g/mol. The number of aryl methyl sites for hydroxylation is 1. The highest BCUT2D eigenvalue weighted by atomic mass is 32.2. The third-order valence-corrected chi connectivity index (χ3v) is 4.48. The Morgan fingerprint density at radius 3 is 2.78 bits per heavy atom. The number of nitrogens with zero attached hydrogens (tertiary/aromatic N) is 1. The van der Waals surface area contributed by atoms with Crippen LogP contribution in [0.25, 0.3) is 0 Å². The van der Waals surface area contributed by atoms with Crippen LogP contribution in [0.1, 0.15) is 10.9 Å². The van der Waals surface area contributed by atoms with Crippen LogP contribution < -0.4 is 11.2 Å². The molecule has 3 N–H and O–H groups in total. The van der Waals surface area contributed by atoms with E-state index in [4.69, 9.17) is 5.11 Å². The number of nitrogens with one attached hydrogen (secondary N) is 1. The minimum atomic E-state index is -0.857. The first-order valence-electron chi connectivity index (χ1n) is 5.41. The fourth-order valence-electron chi connectivity index (χ4n) is 1.86. The molecule has 1 aromatic heterocycles. The number of aliphatic hydroxyl groups excluding tert-OH is 2. The van der Waals surface area contributed by atoms with Crippen molar-refractivity contribution in [3.05, 3.63) is 44.8 Å². The molecule has 0 amide bonds. The highest BCUT2D eigenvalue weighted by Gasteiger charge is 2.38. The van der Waals surface area contributed by atoms with Gasteiger partial charge < -0.3 is 10.2 Å². The van der Waals surface area contributed by atoms with Gasteiger partial charge in [-0.15, -0.1) is 11.8 Å². The molecule has 0 saturated carbocycles. The van der Waals surface area contributed by atoms with Gasteiger partial charge in [0.05, 0.1) is 18.0 Å². The zero-order valence-electron chi connectivity index (χ0n) is 9.79. The van der Waals surface area contributed by atoms with E-state index in [-0.39, 0.29) is 6.61 Å². The number of aromatic amines is 1. The molecule has 1 fully saturated rings. The van der Waals surface area contributed by atoms with Crippen LogP contribution in [0.4, 0.5) is 0 Å². The average Bonchev–Trinajstić information content (AvgIpc) is 2.61. The Morgan fingerprint density at radius 2 is 2.22 bits per heavy atom. The van der Waals surface area contributed by atoms with E-state index in [0.717, 1.165) is 0 Å². The maximum Gasteiger partial charge on any atom is 0.329 e. The molecule has 1 aliphatic rings. The molecule has 3 atom stereocenters. The lowest BCUT2D eigenvalue weighted by Crippen LogP contribution is -2.32. The standard InChI is InChI=1S/C11H14N2O4S/c1-5-3-13(11(17)12-9(5)16)10-6(2)8(15)7(4-14)18-10/h3,7-8,10,14-15H,2,4H2,1H3,(H,12,16,17)/t7-,8+,10+/m1/s1. The van der Waals surface area contributed by atoms with Gasteiger partial charge in [0, 0.05) is 11.8 Å². The van der Waals surface area contributed by atoms with Crippen molar-refractivity contribution in [2.75, 3.05) is 6.61 Å². The topological polar surface area (TPSA) is 95.3 Å². The zero-order chi connectivity index (χ0) is 13.4. The summed E-state index contributed by atoms with van der Waals surface area (Å²) < 4.78 is 1.32. The van der Waals surface area contributed by atoms with Gasteiger partial charge in [0.15, 0.2) is 0 Å². The van der Waals surface area contributed by atoms with Gasteiger partial charge in [0.25, 0.3) is 5.56 Å². The van der Waals surface area contributed by atoms with Gasteiger partial charge in [-0.25, -0.2) is 4.79 Å². The highest BCUT2D eigenvalue weighted by molar-refractivity contribution is 8.00. The number of thioether (sulfide) groups is 1. The second-order valence-corrected chi connectivity index (χ2v) is 5.53. The summed E-state index contributed by atoms with van der Waals surface area (Å²) in [7, 11) is 0. The number of H-pyrrole nitrogens is 1. The Balaban J connectivity index is 2.45. The van der Waals surface area contributed by atoms with Crippen molar-refractivity contribution in [1.82, 2.24) is 9.55 Å². The van der Waals surface area contributed by atoms with Crippen molar-refractivity contribution in [1.29, 1.82) is 0 Å². The van der Waals surface area contributed by atoms with E-state index in [2.05, 4.69) is 11.6 Å². The maximum absolute atomic E-state index is 11.7. The molecule has 18 heavy (non-hydrogen) atoms. The summed E-state index contributed by atoms with van der Waals surface area (Å²) in [5.74, 6) is 0. The van der Waals surface area contributed by atoms with Crippen LogP contribution in [0.15, 0.2) is 27.9 Å². The first-order chi connectivity index (χ1) is 8.45. The summed E-state index contributed by atoms with van der Waals surface area (Å²) in [5, 5.41) is 18.1. The number of rotatable bonds is 2. The quantitative estimate of drug-likeness (QED) is 0.622. The molecule has 98 valence electrons. The lowest BCUT2D eigenvalue weighted by atomic mass is 10.1. The molecule has 6 nitrogen and oxygen atoms in total. The van der Waals surface area contributed by atoms with Gasteiger partial charge in [-0.3, -0.25) is 14.3 Å². The van der Waals surface area contributed by atoms with E-state index < -0.39 is 28.0 Å². The molecule has 2 heterocycles. The van der Waals surface area contributed by atoms with Gasteiger partial charge in [-0.05, 0) is 12.5 Å². The predicted octanol–water partition coefficient (Wildman–Crippen LogP) is -0.632. The van der Waals surface area contributed by atoms with Crippen molar-refractivity contribution >= 4 is 11.8 Å². The zero-order valence-corrected chi connectivity index (χ0v) is 10.6. The fraction of sp³-hybridized carbons (Fsp3) is 0.455. The highest BCUT2D eigenvalue weighted by Crippen LogP contribution is 2.43. The fourth-order valence-corrected chi connectivity index (χ4v) is 3.20. The van der Waals surface area contributed by atoms with Crippen LogP contribution in [0.5, 0.6) is 0 Å². The smallest absolute Gasteiger partial charge is 0.329 e. The van der Waals surface area contributed by atoms with Crippen LogP contribution in [0.3, 0.4) is 0 Å². The number of hydrogen-bond donors (Lipinski definition) is 3. The van der Waals surface area contributed by atoms with E-state index in [1.165, 1.54) is 22.5 Å². The van der Waals surface area contributed by atoms with Crippen molar-refractivity contribution in [2.45, 2.75) is 23.7 Å². The average molecular weight is 270 g/mol. The van der Waals surface area contributed by atoms with Gasteiger partial charge in [-0.1, -0.05) is 6.58 Å². The molecule has 1 aromatic rings. The second-order valence-electron chi connectivity index (χ2n) is 4.21. The Labute approximate surface area is 107 Å². The molecule has 0 bridgehead atoms. The van der Waals surface area contributed by atoms with Crippen molar-refractivity contribution in [2.24, 2.45) is 0 Å². The number of aliphatic hydroxyl groups is 2. The predicted molar refractivity (Wildman–Crippen MR) is 68.7 cm³/mol. The first kappa shape index (κ1) is 13.1. The van der Waals surface area contributed by atoms with E-state index in [1.807, 2.05) is 0 Å². The van der Waals surface area contributed by atoms with E-state index in [9.17, 15) is 14.7 Å². The summed E-state index contributed by atoms with van der Waals surface area (Å²) >= 11 is 1.25. The van der Waals surface area contributed by atoms with Gasteiger partial charge in [-0.2, -0.15) is 0 Å². The minimum absolute atomic E-state index is 0.196. The lowest BCUT2D eigenvalue weighted by molar-refractivity contribution is 0.172. The molecule has 7 heteroatoms. The third kappa shape index (κ3) is 2.05. The largest absolute Gasteiger partial charge is 0.395 e. The molecule has 1 saturated heterocycles. The molecule has 2 rings (SSSR count). The van der Waals surface area contributed by atoms with Crippen LogP contribution >= 0.6 is 11.8 Å². The van der Waals surface area contributed by atoms with Gasteiger partial charge >= 0.3 is 5.69 Å². The van der Waals surface area contributed by atoms with E-state index >= 15 is 0 Å². The second kappa shape index (κ2) is 4.75. The Morgan fingerprint density at radius 1 is 1.56 bits per heavy atom. The van der Waals surface area contributed by atoms with Crippen LogP contribution in [0.2, 0.25) is 0 Å². The Bertz CT molecular complexity index is 591. The molecule has 0 spiro atoms. The van der Waals surface area contributed by atoms with E-state index in [1.54, 1.807) is 6.92 Å². The third-order valence-electron chi connectivity index (χ3n) is 2.93. The SMILES string of the molecule is C=C1[C@H](O)[C@@H](CO)S[C@@H]1n1cc(C)c(=O)[nH]c1=O. The molecule has 0 unspecified atom stereocenters. The molecule has 1 aliphatic heterocycles. The Hall–Kier alpha value is -1.31. The summed E-state index contributed by atoms with van der Waals surface area (Å²) in [4.78, 5) is 25.2.